The molecule has 0 radical (unpaired) electrons. The van der Waals surface area contributed by atoms with Crippen LogP contribution >= 0.6 is 0 Å². The zero-order valence-electron chi connectivity index (χ0n) is 13.1. The van der Waals surface area contributed by atoms with Crippen molar-refractivity contribution in [2.75, 3.05) is 11.9 Å². The Morgan fingerprint density at radius 3 is 2.55 bits per heavy atom. The monoisotopic (exact) mass is 299 g/mol. The van der Waals surface area contributed by atoms with Crippen LogP contribution in [-0.2, 0) is 10.2 Å². The lowest BCUT2D eigenvalue weighted by Crippen LogP contribution is -2.21. The molecule has 0 atom stereocenters. The first-order chi connectivity index (χ1) is 10.4. The lowest BCUT2D eigenvalue weighted by atomic mass is 9.86. The molecule has 4 heteroatoms. The fraction of sp³-hybridized carbons (Fsp3) is 0.278. The van der Waals surface area contributed by atoms with Crippen molar-refractivity contribution in [3.63, 3.8) is 0 Å². The highest BCUT2D eigenvalue weighted by atomic mass is 16.5. The zero-order valence-corrected chi connectivity index (χ0v) is 13.1. The van der Waals surface area contributed by atoms with E-state index >= 15 is 0 Å². The van der Waals surface area contributed by atoms with Gasteiger partial charge in [-0.1, -0.05) is 45.0 Å². The molecule has 1 amide bonds. The highest BCUT2D eigenvalue weighted by Gasteiger charge is 2.18. The quantitative estimate of drug-likeness (QED) is 0.905. The van der Waals surface area contributed by atoms with E-state index in [9.17, 15) is 9.90 Å². The molecule has 2 aromatic rings. The maximum atomic E-state index is 11.9. The second kappa shape index (κ2) is 6.52. The topological polar surface area (TPSA) is 58.6 Å². The fourth-order valence-corrected chi connectivity index (χ4v) is 2.14. The molecule has 116 valence electrons. The van der Waals surface area contributed by atoms with Crippen molar-refractivity contribution in [2.45, 2.75) is 26.2 Å². The Labute approximate surface area is 130 Å². The van der Waals surface area contributed by atoms with E-state index in [0.717, 1.165) is 5.56 Å². The van der Waals surface area contributed by atoms with Crippen LogP contribution < -0.4 is 10.1 Å². The smallest absolute Gasteiger partial charge is 0.262 e. The Bertz CT molecular complexity index is 659. The van der Waals surface area contributed by atoms with Gasteiger partial charge in [-0.05, 0) is 29.2 Å². The van der Waals surface area contributed by atoms with Crippen molar-refractivity contribution >= 4 is 11.6 Å². The molecule has 0 aromatic heterocycles. The van der Waals surface area contributed by atoms with Crippen LogP contribution in [0.1, 0.15) is 26.3 Å². The Balaban J connectivity index is 2.00. The minimum Gasteiger partial charge on any atom is -0.508 e. The Morgan fingerprint density at radius 1 is 1.14 bits per heavy atom. The first-order valence-corrected chi connectivity index (χ1v) is 7.17. The summed E-state index contributed by atoms with van der Waals surface area (Å²) in [5.41, 5.74) is 1.54. The third-order valence-corrected chi connectivity index (χ3v) is 3.18. The molecule has 22 heavy (non-hydrogen) atoms. The van der Waals surface area contributed by atoms with Gasteiger partial charge in [0.25, 0.3) is 5.91 Å². The van der Waals surface area contributed by atoms with E-state index in [1.54, 1.807) is 18.2 Å². The maximum absolute atomic E-state index is 11.9. The van der Waals surface area contributed by atoms with Gasteiger partial charge in [0, 0.05) is 11.8 Å². The van der Waals surface area contributed by atoms with Gasteiger partial charge < -0.3 is 15.2 Å². The van der Waals surface area contributed by atoms with Crippen LogP contribution in [0.4, 0.5) is 5.69 Å². The molecule has 2 aromatic carbocycles. The molecule has 0 saturated heterocycles. The van der Waals surface area contributed by atoms with Crippen LogP contribution in [0.25, 0.3) is 0 Å². The van der Waals surface area contributed by atoms with Crippen molar-refractivity contribution in [1.82, 2.24) is 0 Å². The van der Waals surface area contributed by atoms with Crippen LogP contribution in [0.5, 0.6) is 11.5 Å². The molecule has 4 nitrogen and oxygen atoms in total. The number of phenolic OH excluding ortho intramolecular Hbond substituents is 1. The summed E-state index contributed by atoms with van der Waals surface area (Å²) in [5.74, 6) is 0.548. The molecule has 0 unspecified atom stereocenters. The Hall–Kier alpha value is -2.49. The number of rotatable bonds is 4. The predicted molar refractivity (Wildman–Crippen MR) is 87.4 cm³/mol. The lowest BCUT2D eigenvalue weighted by molar-refractivity contribution is -0.118. The first-order valence-electron chi connectivity index (χ1n) is 7.17. The number of anilines is 1. The summed E-state index contributed by atoms with van der Waals surface area (Å²) in [6, 6.07) is 14.1. The molecule has 0 spiro atoms. The van der Waals surface area contributed by atoms with Crippen LogP contribution in [0, 0.1) is 0 Å². The molecule has 0 aliphatic rings. The van der Waals surface area contributed by atoms with Crippen LogP contribution in [0.2, 0.25) is 0 Å². The van der Waals surface area contributed by atoms with E-state index in [4.69, 9.17) is 4.74 Å². The lowest BCUT2D eigenvalue weighted by Gasteiger charge is -2.22. The van der Waals surface area contributed by atoms with Crippen molar-refractivity contribution in [2.24, 2.45) is 0 Å². The van der Waals surface area contributed by atoms with E-state index in [0.29, 0.717) is 11.4 Å². The molecule has 0 bridgehead atoms. The van der Waals surface area contributed by atoms with E-state index in [-0.39, 0.29) is 23.7 Å². The third-order valence-electron chi connectivity index (χ3n) is 3.18. The summed E-state index contributed by atoms with van der Waals surface area (Å²) in [6.07, 6.45) is 0. The number of carbonyl (C=O) groups is 1. The summed E-state index contributed by atoms with van der Waals surface area (Å²) in [4.78, 5) is 11.9. The van der Waals surface area contributed by atoms with Gasteiger partial charge in [-0.15, -0.1) is 0 Å². The first kappa shape index (κ1) is 15.9. The third kappa shape index (κ3) is 4.25. The Morgan fingerprint density at radius 2 is 1.86 bits per heavy atom. The van der Waals surface area contributed by atoms with E-state index in [1.807, 2.05) is 24.3 Å². The molecule has 0 aliphatic carbocycles. The van der Waals surface area contributed by atoms with Crippen LogP contribution in [0.3, 0.4) is 0 Å². The number of amides is 1. The Kier molecular flexibility index (Phi) is 4.71. The second-order valence-corrected chi connectivity index (χ2v) is 6.13. The molecule has 2 rings (SSSR count). The standard InChI is InChI=1S/C18H21NO3/c1-18(2,3)15-9-4-5-10-16(15)22-12-17(21)19-13-7-6-8-14(20)11-13/h4-11,20H,12H2,1-3H3,(H,19,21). The van der Waals surface area contributed by atoms with Gasteiger partial charge in [0.2, 0.25) is 0 Å². The summed E-state index contributed by atoms with van der Waals surface area (Å²) in [7, 11) is 0. The molecule has 0 fully saturated rings. The number of hydrogen-bond donors (Lipinski definition) is 2. The minimum absolute atomic E-state index is 0.0573. The molecule has 0 heterocycles. The molecule has 2 N–H and O–H groups in total. The summed E-state index contributed by atoms with van der Waals surface area (Å²) in [6.45, 7) is 6.22. The highest BCUT2D eigenvalue weighted by molar-refractivity contribution is 5.92. The van der Waals surface area contributed by atoms with E-state index in [2.05, 4.69) is 26.1 Å². The van der Waals surface area contributed by atoms with Crippen LogP contribution in [0.15, 0.2) is 48.5 Å². The average molecular weight is 299 g/mol. The molecular formula is C18H21NO3. The van der Waals surface area contributed by atoms with E-state index in [1.165, 1.54) is 6.07 Å². The fourth-order valence-electron chi connectivity index (χ4n) is 2.14. The van der Waals surface area contributed by atoms with Gasteiger partial charge in [0.15, 0.2) is 6.61 Å². The average Bonchev–Trinajstić information content (AvgIpc) is 2.44. The number of benzene rings is 2. The van der Waals surface area contributed by atoms with Gasteiger partial charge in [-0.3, -0.25) is 4.79 Å². The normalized spacial score (nSPS) is 11.0. The van der Waals surface area contributed by atoms with Crippen LogP contribution in [-0.4, -0.2) is 17.6 Å². The second-order valence-electron chi connectivity index (χ2n) is 6.13. The number of aromatic hydroxyl groups is 1. The van der Waals surface area contributed by atoms with Gasteiger partial charge in [0.05, 0.1) is 0 Å². The molecule has 0 saturated carbocycles. The number of carbonyl (C=O) groups excluding carboxylic acids is 1. The minimum atomic E-state index is -0.269. The number of hydrogen-bond acceptors (Lipinski definition) is 3. The van der Waals surface area contributed by atoms with Gasteiger partial charge in [-0.2, -0.15) is 0 Å². The van der Waals surface area contributed by atoms with Crippen molar-refractivity contribution < 1.29 is 14.6 Å². The zero-order chi connectivity index (χ0) is 16.2. The number of para-hydroxylation sites is 1. The number of phenols is 1. The summed E-state index contributed by atoms with van der Waals surface area (Å²) in [5, 5.41) is 12.1. The number of ether oxygens (including phenoxy) is 1. The summed E-state index contributed by atoms with van der Waals surface area (Å²) >= 11 is 0. The van der Waals surface area contributed by atoms with E-state index < -0.39 is 0 Å². The van der Waals surface area contributed by atoms with Crippen molar-refractivity contribution in [3.05, 3.63) is 54.1 Å². The van der Waals surface area contributed by atoms with Gasteiger partial charge in [0.1, 0.15) is 11.5 Å². The highest BCUT2D eigenvalue weighted by Crippen LogP contribution is 2.30. The van der Waals surface area contributed by atoms with Crippen molar-refractivity contribution in [3.8, 4) is 11.5 Å². The molecular weight excluding hydrogens is 278 g/mol. The maximum Gasteiger partial charge on any atom is 0.262 e. The van der Waals surface area contributed by atoms with Gasteiger partial charge >= 0.3 is 0 Å². The van der Waals surface area contributed by atoms with Gasteiger partial charge in [-0.25, -0.2) is 0 Å². The number of nitrogens with one attached hydrogen (secondary N) is 1. The SMILES string of the molecule is CC(C)(C)c1ccccc1OCC(=O)Nc1cccc(O)c1. The predicted octanol–water partition coefficient (Wildman–Crippen LogP) is 3.71. The molecule has 0 aliphatic heterocycles. The summed E-state index contributed by atoms with van der Waals surface area (Å²) < 4.78 is 5.65. The van der Waals surface area contributed by atoms with Crippen molar-refractivity contribution in [1.29, 1.82) is 0 Å². The largest absolute Gasteiger partial charge is 0.508 e.